The van der Waals surface area contributed by atoms with E-state index in [0.717, 1.165) is 36.5 Å². The van der Waals surface area contributed by atoms with E-state index >= 15 is 0 Å². The monoisotopic (exact) mass is 395 g/mol. The lowest BCUT2D eigenvalue weighted by Crippen LogP contribution is -2.41. The van der Waals surface area contributed by atoms with Crippen LogP contribution < -0.4 is 5.32 Å². The third-order valence-corrected chi connectivity index (χ3v) is 5.84. The molecule has 0 saturated carbocycles. The number of carbonyl (C=O) groups is 2. The maximum absolute atomic E-state index is 13.2. The summed E-state index contributed by atoms with van der Waals surface area (Å²) in [5.74, 6) is -0.0215. The van der Waals surface area contributed by atoms with E-state index in [1.165, 1.54) is 11.3 Å². The lowest BCUT2D eigenvalue weighted by Gasteiger charge is -2.29. The van der Waals surface area contributed by atoms with Gasteiger partial charge in [0.05, 0.1) is 18.8 Å². The van der Waals surface area contributed by atoms with Crippen LogP contribution in [0.5, 0.6) is 0 Å². The standard InChI is InChI=1S/C19H29N3O4S/c1-5-21-7-6-13-14(12-21)27-16(20-18(24)26-19(2,3)4)15(13)17(23)22-8-10-25-11-9-22/h5-12H2,1-4H3,(H,20,24). The summed E-state index contributed by atoms with van der Waals surface area (Å²) in [5.41, 5.74) is 1.12. The number of likely N-dealkylation sites (N-methyl/N-ethyl adjacent to an activating group) is 1. The highest BCUT2D eigenvalue weighted by Gasteiger charge is 2.32. The number of nitrogens with one attached hydrogen (secondary N) is 1. The normalized spacial score (nSPS) is 18.1. The molecule has 1 aromatic rings. The van der Waals surface area contributed by atoms with Crippen molar-refractivity contribution in [3.8, 4) is 0 Å². The van der Waals surface area contributed by atoms with Gasteiger partial charge in [-0.2, -0.15) is 0 Å². The van der Waals surface area contributed by atoms with E-state index in [9.17, 15) is 9.59 Å². The highest BCUT2D eigenvalue weighted by atomic mass is 32.1. The van der Waals surface area contributed by atoms with Gasteiger partial charge in [0.15, 0.2) is 0 Å². The highest BCUT2D eigenvalue weighted by Crippen LogP contribution is 2.38. The quantitative estimate of drug-likeness (QED) is 0.852. The molecule has 3 rings (SSSR count). The van der Waals surface area contributed by atoms with Gasteiger partial charge >= 0.3 is 6.09 Å². The number of anilines is 1. The maximum atomic E-state index is 13.2. The van der Waals surface area contributed by atoms with Crippen molar-refractivity contribution in [2.75, 3.05) is 44.7 Å². The Hall–Kier alpha value is -1.64. The molecule has 1 aromatic heterocycles. The fourth-order valence-corrected chi connectivity index (χ4v) is 4.63. The van der Waals surface area contributed by atoms with E-state index < -0.39 is 11.7 Å². The molecular formula is C19H29N3O4S. The van der Waals surface area contributed by atoms with Gasteiger partial charge in [0.1, 0.15) is 10.6 Å². The molecule has 0 unspecified atom stereocenters. The Bertz CT molecular complexity index is 705. The Labute approximate surface area is 164 Å². The van der Waals surface area contributed by atoms with E-state index in [4.69, 9.17) is 9.47 Å². The first-order valence-corrected chi connectivity index (χ1v) is 10.3. The molecule has 0 atom stereocenters. The van der Waals surface area contributed by atoms with Crippen molar-refractivity contribution in [3.63, 3.8) is 0 Å². The van der Waals surface area contributed by atoms with E-state index in [2.05, 4.69) is 17.1 Å². The first kappa shape index (κ1) is 20.1. The number of morpholine rings is 1. The summed E-state index contributed by atoms with van der Waals surface area (Å²) >= 11 is 1.50. The Morgan fingerprint density at radius 3 is 2.56 bits per heavy atom. The number of carbonyl (C=O) groups excluding carboxylic acids is 2. The number of rotatable bonds is 3. The van der Waals surface area contributed by atoms with Gasteiger partial charge in [0, 0.05) is 31.1 Å². The predicted octanol–water partition coefficient (Wildman–Crippen LogP) is 2.95. The lowest BCUT2D eigenvalue weighted by atomic mass is 10.0. The number of thiophene rings is 1. The van der Waals surface area contributed by atoms with Gasteiger partial charge in [-0.05, 0) is 39.3 Å². The van der Waals surface area contributed by atoms with Gasteiger partial charge in [0.25, 0.3) is 5.91 Å². The Balaban J connectivity index is 1.90. The maximum Gasteiger partial charge on any atom is 0.412 e. The van der Waals surface area contributed by atoms with Gasteiger partial charge < -0.3 is 14.4 Å². The van der Waals surface area contributed by atoms with Crippen molar-refractivity contribution in [3.05, 3.63) is 16.0 Å². The number of amides is 2. The first-order valence-electron chi connectivity index (χ1n) is 9.52. The number of hydrogen-bond acceptors (Lipinski definition) is 6. The molecule has 1 saturated heterocycles. The smallest absolute Gasteiger partial charge is 0.412 e. The van der Waals surface area contributed by atoms with Crippen molar-refractivity contribution in [1.29, 1.82) is 0 Å². The molecule has 0 bridgehead atoms. The number of nitrogens with zero attached hydrogens (tertiary/aromatic N) is 2. The summed E-state index contributed by atoms with van der Waals surface area (Å²) in [4.78, 5) is 30.9. The third-order valence-electron chi connectivity index (χ3n) is 4.71. The van der Waals surface area contributed by atoms with Gasteiger partial charge in [-0.3, -0.25) is 15.0 Å². The van der Waals surface area contributed by atoms with Crippen molar-refractivity contribution in [1.82, 2.24) is 9.80 Å². The molecule has 2 aliphatic rings. The minimum Gasteiger partial charge on any atom is -0.444 e. The molecule has 3 heterocycles. The van der Waals surface area contributed by atoms with Crippen LogP contribution in [0.1, 0.15) is 48.5 Å². The molecule has 7 nitrogen and oxygen atoms in total. The molecule has 1 N–H and O–H groups in total. The van der Waals surface area contributed by atoms with Crippen LogP contribution >= 0.6 is 11.3 Å². The van der Waals surface area contributed by atoms with E-state index in [0.29, 0.717) is 36.9 Å². The van der Waals surface area contributed by atoms with Crippen LogP contribution in [0.2, 0.25) is 0 Å². The summed E-state index contributed by atoms with van der Waals surface area (Å²) in [5, 5.41) is 3.44. The van der Waals surface area contributed by atoms with Gasteiger partial charge in [-0.15, -0.1) is 11.3 Å². The topological polar surface area (TPSA) is 71.1 Å². The average Bonchev–Trinajstić information content (AvgIpc) is 2.96. The van der Waals surface area contributed by atoms with E-state index in [1.54, 1.807) is 0 Å². The van der Waals surface area contributed by atoms with E-state index in [1.807, 2.05) is 25.7 Å². The molecule has 1 fully saturated rings. The summed E-state index contributed by atoms with van der Waals surface area (Å²) in [6.45, 7) is 12.6. The summed E-state index contributed by atoms with van der Waals surface area (Å²) in [7, 11) is 0. The molecule has 0 radical (unpaired) electrons. The Morgan fingerprint density at radius 1 is 1.22 bits per heavy atom. The summed E-state index contributed by atoms with van der Waals surface area (Å²) < 4.78 is 10.8. The number of fused-ring (bicyclic) bond motifs is 1. The van der Waals surface area contributed by atoms with Crippen molar-refractivity contribution >= 4 is 28.3 Å². The van der Waals surface area contributed by atoms with Crippen LogP contribution in [-0.2, 0) is 22.4 Å². The predicted molar refractivity (Wildman–Crippen MR) is 106 cm³/mol. The molecule has 0 aliphatic carbocycles. The molecule has 150 valence electrons. The molecule has 2 amide bonds. The fraction of sp³-hybridized carbons (Fsp3) is 0.684. The van der Waals surface area contributed by atoms with Crippen LogP contribution in [0.15, 0.2) is 0 Å². The van der Waals surface area contributed by atoms with Crippen LogP contribution in [0, 0.1) is 0 Å². The fourth-order valence-electron chi connectivity index (χ4n) is 3.36. The Kier molecular flexibility index (Phi) is 6.08. The van der Waals surface area contributed by atoms with Crippen molar-refractivity contribution < 1.29 is 19.1 Å². The van der Waals surface area contributed by atoms with Crippen molar-refractivity contribution in [2.24, 2.45) is 0 Å². The van der Waals surface area contributed by atoms with Crippen LogP contribution in [0.3, 0.4) is 0 Å². The zero-order chi connectivity index (χ0) is 19.6. The number of hydrogen-bond donors (Lipinski definition) is 1. The average molecular weight is 396 g/mol. The second kappa shape index (κ2) is 8.16. The molecule has 27 heavy (non-hydrogen) atoms. The largest absolute Gasteiger partial charge is 0.444 e. The lowest BCUT2D eigenvalue weighted by molar-refractivity contribution is 0.0302. The summed E-state index contributed by atoms with van der Waals surface area (Å²) in [6, 6.07) is 0. The first-order chi connectivity index (χ1) is 12.8. The van der Waals surface area contributed by atoms with Gasteiger partial charge in [0.2, 0.25) is 0 Å². The van der Waals surface area contributed by atoms with Crippen LogP contribution in [0.25, 0.3) is 0 Å². The van der Waals surface area contributed by atoms with Gasteiger partial charge in [-0.25, -0.2) is 4.79 Å². The SMILES string of the molecule is CCN1CCc2c(sc(NC(=O)OC(C)(C)C)c2C(=O)N2CCOCC2)C1. The zero-order valence-corrected chi connectivity index (χ0v) is 17.4. The summed E-state index contributed by atoms with van der Waals surface area (Å²) in [6.07, 6.45) is 0.297. The van der Waals surface area contributed by atoms with Gasteiger partial charge in [-0.1, -0.05) is 6.92 Å². The minimum absolute atomic E-state index is 0.0215. The molecule has 0 spiro atoms. The van der Waals surface area contributed by atoms with Crippen molar-refractivity contribution in [2.45, 2.75) is 46.3 Å². The highest BCUT2D eigenvalue weighted by molar-refractivity contribution is 7.17. The van der Waals surface area contributed by atoms with Crippen LogP contribution in [-0.4, -0.2) is 66.8 Å². The molecule has 8 heteroatoms. The molecular weight excluding hydrogens is 366 g/mol. The Morgan fingerprint density at radius 2 is 1.93 bits per heavy atom. The minimum atomic E-state index is -0.589. The second-order valence-corrected chi connectivity index (χ2v) is 8.96. The second-order valence-electron chi connectivity index (χ2n) is 7.86. The van der Waals surface area contributed by atoms with E-state index in [-0.39, 0.29) is 5.91 Å². The number of ether oxygens (including phenoxy) is 2. The molecule has 2 aliphatic heterocycles. The zero-order valence-electron chi connectivity index (χ0n) is 16.6. The van der Waals surface area contributed by atoms with Crippen LogP contribution in [0.4, 0.5) is 9.80 Å². The third kappa shape index (κ3) is 4.80. The molecule has 0 aromatic carbocycles.